The lowest BCUT2D eigenvalue weighted by atomic mass is 9.76. The Bertz CT molecular complexity index is 446. The van der Waals surface area contributed by atoms with Gasteiger partial charge in [0.05, 0.1) is 11.2 Å². The molecular weight excluding hydrogens is 271 g/mol. The average Bonchev–Trinajstić information content (AvgIpc) is 2.55. The Morgan fingerprint density at radius 2 is 1.85 bits per heavy atom. The molecule has 0 spiro atoms. The molecule has 114 valence electrons. The van der Waals surface area contributed by atoms with Crippen molar-refractivity contribution in [1.82, 2.24) is 0 Å². The second kappa shape index (κ2) is 6.18. The summed E-state index contributed by atoms with van der Waals surface area (Å²) in [5.41, 5.74) is -1.06. The first-order valence-corrected chi connectivity index (χ1v) is 7.93. The SMILES string of the molecule is Cc1sc(CC(C)C)cc1B(O)OC(C)(C)C(C)(C)O. The fourth-order valence-electron chi connectivity index (χ4n) is 1.79. The molecule has 1 rings (SSSR count). The number of aliphatic hydroxyl groups is 1. The van der Waals surface area contributed by atoms with Crippen LogP contribution in [-0.2, 0) is 11.1 Å². The van der Waals surface area contributed by atoms with Gasteiger partial charge in [-0.25, -0.2) is 0 Å². The molecule has 0 unspecified atom stereocenters. The van der Waals surface area contributed by atoms with Crippen molar-refractivity contribution in [3.05, 3.63) is 15.8 Å². The summed E-state index contributed by atoms with van der Waals surface area (Å²) in [6.45, 7) is 13.3. The highest BCUT2D eigenvalue weighted by atomic mass is 32.1. The van der Waals surface area contributed by atoms with Crippen LogP contribution in [0.1, 0.15) is 51.3 Å². The summed E-state index contributed by atoms with van der Waals surface area (Å²) in [6.07, 6.45) is 1.01. The Kier molecular flexibility index (Phi) is 5.47. The van der Waals surface area contributed by atoms with E-state index in [1.165, 1.54) is 4.88 Å². The van der Waals surface area contributed by atoms with Crippen molar-refractivity contribution in [2.75, 3.05) is 0 Å². The topological polar surface area (TPSA) is 49.7 Å². The summed E-state index contributed by atoms with van der Waals surface area (Å²) in [5, 5.41) is 20.4. The van der Waals surface area contributed by atoms with Gasteiger partial charge >= 0.3 is 7.12 Å². The highest BCUT2D eigenvalue weighted by molar-refractivity contribution is 7.13. The van der Waals surface area contributed by atoms with Gasteiger partial charge in [0.15, 0.2) is 0 Å². The maximum absolute atomic E-state index is 10.3. The van der Waals surface area contributed by atoms with Crippen LogP contribution in [0.2, 0.25) is 0 Å². The monoisotopic (exact) mass is 298 g/mol. The van der Waals surface area contributed by atoms with E-state index in [0.717, 1.165) is 16.8 Å². The van der Waals surface area contributed by atoms with E-state index >= 15 is 0 Å². The zero-order chi connectivity index (χ0) is 15.7. The molecule has 0 bridgehead atoms. The fourth-order valence-corrected chi connectivity index (χ4v) is 3.07. The zero-order valence-electron chi connectivity index (χ0n) is 13.7. The van der Waals surface area contributed by atoms with E-state index in [2.05, 4.69) is 13.8 Å². The molecule has 0 aliphatic carbocycles. The highest BCUT2D eigenvalue weighted by Crippen LogP contribution is 2.26. The molecule has 1 aromatic rings. The lowest BCUT2D eigenvalue weighted by molar-refractivity contribution is -0.0982. The van der Waals surface area contributed by atoms with E-state index in [-0.39, 0.29) is 0 Å². The van der Waals surface area contributed by atoms with Crippen LogP contribution in [0.15, 0.2) is 6.07 Å². The van der Waals surface area contributed by atoms with E-state index in [1.807, 2.05) is 13.0 Å². The molecule has 1 aromatic heterocycles. The van der Waals surface area contributed by atoms with Gasteiger partial charge in [-0.1, -0.05) is 13.8 Å². The molecule has 0 atom stereocenters. The van der Waals surface area contributed by atoms with Crippen LogP contribution in [-0.4, -0.2) is 28.5 Å². The molecular formula is C15H27BO3S. The second-order valence-electron chi connectivity index (χ2n) is 6.86. The Balaban J connectivity index is 2.88. The second-order valence-corrected chi connectivity index (χ2v) is 8.20. The van der Waals surface area contributed by atoms with Crippen molar-refractivity contribution in [3.8, 4) is 0 Å². The summed E-state index contributed by atoms with van der Waals surface area (Å²) < 4.78 is 5.70. The number of thiophene rings is 1. The predicted molar refractivity (Wildman–Crippen MR) is 86.7 cm³/mol. The van der Waals surface area contributed by atoms with E-state index in [4.69, 9.17) is 4.65 Å². The molecule has 0 saturated heterocycles. The molecule has 2 N–H and O–H groups in total. The maximum atomic E-state index is 10.3. The van der Waals surface area contributed by atoms with E-state index in [1.54, 1.807) is 39.0 Å². The normalized spacial score (nSPS) is 13.1. The highest BCUT2D eigenvalue weighted by Gasteiger charge is 2.40. The number of hydrogen-bond donors (Lipinski definition) is 2. The van der Waals surface area contributed by atoms with Gasteiger partial charge in [0.1, 0.15) is 0 Å². The summed E-state index contributed by atoms with van der Waals surface area (Å²) >= 11 is 1.70. The first-order valence-electron chi connectivity index (χ1n) is 7.11. The van der Waals surface area contributed by atoms with Gasteiger partial charge in [0.25, 0.3) is 0 Å². The quantitative estimate of drug-likeness (QED) is 0.793. The third-order valence-corrected chi connectivity index (χ3v) is 4.85. The van der Waals surface area contributed by atoms with E-state index in [0.29, 0.717) is 5.92 Å². The molecule has 0 amide bonds. The Morgan fingerprint density at radius 3 is 2.30 bits per heavy atom. The first kappa shape index (κ1) is 17.7. The van der Waals surface area contributed by atoms with Gasteiger partial charge in [-0.3, -0.25) is 0 Å². The zero-order valence-corrected chi connectivity index (χ0v) is 14.5. The fraction of sp³-hybridized carbons (Fsp3) is 0.733. The van der Waals surface area contributed by atoms with E-state index in [9.17, 15) is 10.1 Å². The summed E-state index contributed by atoms with van der Waals surface area (Å²) in [5.74, 6) is 0.590. The molecule has 0 fully saturated rings. The molecule has 0 aliphatic rings. The van der Waals surface area contributed by atoms with Crippen LogP contribution in [0.4, 0.5) is 0 Å². The Labute approximate surface area is 127 Å². The van der Waals surface area contributed by atoms with Crippen molar-refractivity contribution in [3.63, 3.8) is 0 Å². The standard InChI is InChI=1S/C15H27BO3S/c1-10(2)8-12-9-13(11(3)20-12)16(18)19-15(6,7)14(4,5)17/h9-10,17-18H,8H2,1-7H3. The van der Waals surface area contributed by atoms with Crippen molar-refractivity contribution < 1.29 is 14.8 Å². The molecule has 1 heterocycles. The molecule has 5 heteroatoms. The molecule has 3 nitrogen and oxygen atoms in total. The summed E-state index contributed by atoms with van der Waals surface area (Å²) in [7, 11) is -1.01. The summed E-state index contributed by atoms with van der Waals surface area (Å²) in [4.78, 5) is 2.33. The van der Waals surface area contributed by atoms with Crippen LogP contribution in [0.5, 0.6) is 0 Å². The largest absolute Gasteiger partial charge is 0.492 e. The molecule has 0 aliphatic heterocycles. The van der Waals surface area contributed by atoms with Gasteiger partial charge < -0.3 is 14.8 Å². The third-order valence-electron chi connectivity index (χ3n) is 3.76. The number of aryl methyl sites for hydroxylation is 1. The molecule has 0 saturated carbocycles. The Hall–Kier alpha value is -0.355. The minimum absolute atomic E-state index is 0.590. The minimum Gasteiger partial charge on any atom is -0.423 e. The van der Waals surface area contributed by atoms with Crippen LogP contribution in [0.3, 0.4) is 0 Å². The smallest absolute Gasteiger partial charge is 0.423 e. The average molecular weight is 298 g/mol. The van der Waals surface area contributed by atoms with Crippen molar-refractivity contribution in [2.24, 2.45) is 5.92 Å². The molecule has 0 radical (unpaired) electrons. The minimum atomic E-state index is -1.03. The van der Waals surface area contributed by atoms with Crippen molar-refractivity contribution in [1.29, 1.82) is 0 Å². The van der Waals surface area contributed by atoms with E-state index < -0.39 is 18.3 Å². The van der Waals surface area contributed by atoms with Gasteiger partial charge in [-0.05, 0) is 58.5 Å². The number of rotatable bonds is 6. The first-order chi connectivity index (χ1) is 8.94. The van der Waals surface area contributed by atoms with Crippen LogP contribution >= 0.6 is 11.3 Å². The van der Waals surface area contributed by atoms with Gasteiger partial charge in [0, 0.05) is 9.75 Å². The number of hydrogen-bond acceptors (Lipinski definition) is 4. The summed E-state index contributed by atoms with van der Waals surface area (Å²) in [6, 6.07) is 2.02. The lowest BCUT2D eigenvalue weighted by Gasteiger charge is -2.38. The predicted octanol–water partition coefficient (Wildman–Crippen LogP) is 2.51. The van der Waals surface area contributed by atoms with Crippen molar-refractivity contribution >= 4 is 23.9 Å². The van der Waals surface area contributed by atoms with Crippen LogP contribution < -0.4 is 5.46 Å². The Morgan fingerprint density at radius 1 is 1.30 bits per heavy atom. The van der Waals surface area contributed by atoms with Crippen LogP contribution in [0, 0.1) is 12.8 Å². The van der Waals surface area contributed by atoms with Crippen molar-refractivity contribution in [2.45, 2.75) is 66.1 Å². The van der Waals surface area contributed by atoms with Gasteiger partial charge in [-0.15, -0.1) is 11.3 Å². The lowest BCUT2D eigenvalue weighted by Crippen LogP contribution is -2.53. The molecule has 20 heavy (non-hydrogen) atoms. The van der Waals surface area contributed by atoms with Gasteiger partial charge in [0.2, 0.25) is 0 Å². The van der Waals surface area contributed by atoms with Gasteiger partial charge in [-0.2, -0.15) is 0 Å². The van der Waals surface area contributed by atoms with Crippen LogP contribution in [0.25, 0.3) is 0 Å². The molecule has 0 aromatic carbocycles. The maximum Gasteiger partial charge on any atom is 0.492 e. The third kappa shape index (κ3) is 4.32.